The molecule has 1 N–H and O–H groups in total. The van der Waals surface area contributed by atoms with Crippen molar-refractivity contribution in [2.45, 2.75) is 13.1 Å². The number of ether oxygens (including phenoxy) is 1. The van der Waals surface area contributed by atoms with Crippen LogP contribution in [0.5, 0.6) is 0 Å². The third-order valence-electron chi connectivity index (χ3n) is 2.29. The van der Waals surface area contributed by atoms with E-state index in [1.807, 2.05) is 0 Å². The topological polar surface area (TPSA) is 63.6 Å². The van der Waals surface area contributed by atoms with E-state index in [4.69, 9.17) is 9.84 Å². The van der Waals surface area contributed by atoms with Crippen LogP contribution in [0.15, 0.2) is 36.1 Å². The van der Waals surface area contributed by atoms with Gasteiger partial charge < -0.3 is 9.84 Å². The number of ketones is 1. The predicted octanol–water partition coefficient (Wildman–Crippen LogP) is 2.89. The van der Waals surface area contributed by atoms with E-state index in [1.54, 1.807) is 6.92 Å². The number of halogens is 3. The van der Waals surface area contributed by atoms with Gasteiger partial charge in [-0.1, -0.05) is 12.1 Å². The van der Waals surface area contributed by atoms with Crippen LogP contribution in [-0.4, -0.2) is 23.5 Å². The average molecular weight is 288 g/mol. The maximum absolute atomic E-state index is 12.5. The predicted molar refractivity (Wildman–Crippen MR) is 63.1 cm³/mol. The number of aliphatic carboxylic acids is 1. The summed E-state index contributed by atoms with van der Waals surface area (Å²) in [6, 6.07) is 3.55. The van der Waals surface area contributed by atoms with Gasteiger partial charge in [0.1, 0.15) is 11.8 Å². The molecule has 0 aliphatic heterocycles. The first kappa shape index (κ1) is 15.7. The Hall–Kier alpha value is -2.31. The molecular formula is C13H11F3O4. The molecule has 0 spiro atoms. The highest BCUT2D eigenvalue weighted by Gasteiger charge is 2.31. The minimum absolute atomic E-state index is 0.132. The van der Waals surface area contributed by atoms with Gasteiger partial charge in [0.05, 0.1) is 12.2 Å². The van der Waals surface area contributed by atoms with Crippen LogP contribution in [0.3, 0.4) is 0 Å². The van der Waals surface area contributed by atoms with Gasteiger partial charge in [0, 0.05) is 5.56 Å². The van der Waals surface area contributed by atoms with Crippen molar-refractivity contribution >= 4 is 11.8 Å². The van der Waals surface area contributed by atoms with E-state index in [-0.39, 0.29) is 12.2 Å². The van der Waals surface area contributed by atoms with E-state index < -0.39 is 29.1 Å². The van der Waals surface area contributed by atoms with Crippen LogP contribution >= 0.6 is 0 Å². The summed E-state index contributed by atoms with van der Waals surface area (Å²) >= 11 is 0. The minimum atomic E-state index is -4.61. The zero-order valence-corrected chi connectivity index (χ0v) is 10.4. The van der Waals surface area contributed by atoms with Crippen molar-refractivity contribution in [2.24, 2.45) is 0 Å². The fourth-order valence-corrected chi connectivity index (χ4v) is 1.36. The first-order valence-corrected chi connectivity index (χ1v) is 5.54. The lowest BCUT2D eigenvalue weighted by molar-refractivity contribution is -0.137. The monoisotopic (exact) mass is 288 g/mol. The van der Waals surface area contributed by atoms with Gasteiger partial charge in [0.2, 0.25) is 5.78 Å². The zero-order valence-electron chi connectivity index (χ0n) is 10.4. The van der Waals surface area contributed by atoms with Crippen molar-refractivity contribution in [1.82, 2.24) is 0 Å². The molecule has 0 aliphatic rings. The number of carboxylic acids is 1. The number of carbonyl (C=O) groups is 2. The van der Waals surface area contributed by atoms with Crippen molar-refractivity contribution in [3.05, 3.63) is 47.2 Å². The molecule has 7 heteroatoms. The molecule has 1 rings (SSSR count). The Morgan fingerprint density at radius 1 is 1.35 bits per heavy atom. The number of hydrogen-bond donors (Lipinski definition) is 1. The summed E-state index contributed by atoms with van der Waals surface area (Å²) in [6.45, 7) is 1.71. The lowest BCUT2D eigenvalue weighted by Gasteiger charge is -2.08. The van der Waals surface area contributed by atoms with E-state index in [2.05, 4.69) is 0 Å². The van der Waals surface area contributed by atoms with Gasteiger partial charge in [-0.15, -0.1) is 0 Å². The fraction of sp³-hybridized carbons (Fsp3) is 0.231. The van der Waals surface area contributed by atoms with Crippen molar-refractivity contribution < 1.29 is 32.6 Å². The van der Waals surface area contributed by atoms with Crippen LogP contribution in [0.4, 0.5) is 13.2 Å². The van der Waals surface area contributed by atoms with Crippen LogP contribution in [-0.2, 0) is 15.7 Å². The smallest absolute Gasteiger partial charge is 0.416 e. The molecule has 1 aromatic rings. The maximum Gasteiger partial charge on any atom is 0.416 e. The van der Waals surface area contributed by atoms with Gasteiger partial charge in [-0.2, -0.15) is 13.2 Å². The number of carboxylic acid groups (broad SMARTS) is 1. The van der Waals surface area contributed by atoms with E-state index in [1.165, 1.54) is 0 Å². The normalized spacial score (nSPS) is 12.1. The molecule has 0 aromatic heterocycles. The second-order valence-corrected chi connectivity index (χ2v) is 3.70. The van der Waals surface area contributed by atoms with Gasteiger partial charge in [-0.25, -0.2) is 4.79 Å². The second kappa shape index (κ2) is 6.23. The highest BCUT2D eigenvalue weighted by atomic mass is 19.4. The summed E-state index contributed by atoms with van der Waals surface area (Å²) in [5.41, 5.74) is -2.12. The first-order chi connectivity index (χ1) is 9.27. The van der Waals surface area contributed by atoms with E-state index in [0.29, 0.717) is 6.07 Å². The average Bonchev–Trinajstić information content (AvgIpc) is 2.37. The van der Waals surface area contributed by atoms with Crippen molar-refractivity contribution in [1.29, 1.82) is 0 Å². The third-order valence-corrected chi connectivity index (χ3v) is 2.29. The van der Waals surface area contributed by atoms with Crippen LogP contribution in [0, 0.1) is 0 Å². The number of benzene rings is 1. The molecular weight excluding hydrogens is 277 g/mol. The zero-order chi connectivity index (χ0) is 15.3. The molecule has 108 valence electrons. The van der Waals surface area contributed by atoms with Gasteiger partial charge in [0.15, 0.2) is 0 Å². The molecule has 0 fully saturated rings. The number of carbonyl (C=O) groups excluding carboxylic acids is 1. The molecule has 0 aliphatic carbocycles. The van der Waals surface area contributed by atoms with Gasteiger partial charge in [0.25, 0.3) is 0 Å². The summed E-state index contributed by atoms with van der Waals surface area (Å²) in [5, 5.41) is 8.87. The molecule has 0 radical (unpaired) electrons. The van der Waals surface area contributed by atoms with Crippen LogP contribution in [0.25, 0.3) is 0 Å². The molecule has 4 nitrogen and oxygen atoms in total. The number of Topliss-reactive ketones (excluding diaryl/α,β-unsaturated/α-hetero) is 1. The largest absolute Gasteiger partial charge is 0.500 e. The van der Waals surface area contributed by atoms with Crippen molar-refractivity contribution in [3.63, 3.8) is 0 Å². The summed E-state index contributed by atoms with van der Waals surface area (Å²) in [7, 11) is 0. The summed E-state index contributed by atoms with van der Waals surface area (Å²) < 4.78 is 42.3. The Bertz CT molecular complexity index is 547. The van der Waals surface area contributed by atoms with Gasteiger partial charge >= 0.3 is 12.1 Å². The van der Waals surface area contributed by atoms with Crippen LogP contribution in [0.1, 0.15) is 22.8 Å². The maximum atomic E-state index is 12.5. The number of rotatable bonds is 5. The molecule has 0 unspecified atom stereocenters. The molecule has 20 heavy (non-hydrogen) atoms. The molecule has 0 saturated heterocycles. The minimum Gasteiger partial charge on any atom is -0.500 e. The van der Waals surface area contributed by atoms with Crippen molar-refractivity contribution in [2.75, 3.05) is 6.61 Å². The third kappa shape index (κ3) is 3.84. The summed E-state index contributed by atoms with van der Waals surface area (Å²) in [6.07, 6.45) is -3.88. The summed E-state index contributed by atoms with van der Waals surface area (Å²) in [4.78, 5) is 22.8. The molecule has 0 bridgehead atoms. The molecule has 0 saturated carbocycles. The highest BCUT2D eigenvalue weighted by Crippen LogP contribution is 2.30. The Morgan fingerprint density at radius 2 is 2.00 bits per heavy atom. The van der Waals surface area contributed by atoms with Gasteiger partial charge in [-0.3, -0.25) is 4.79 Å². The van der Waals surface area contributed by atoms with Crippen LogP contribution in [0.2, 0.25) is 0 Å². The Labute approximate surface area is 112 Å². The quantitative estimate of drug-likeness (QED) is 0.297. The van der Waals surface area contributed by atoms with Crippen molar-refractivity contribution in [3.8, 4) is 0 Å². The second-order valence-electron chi connectivity index (χ2n) is 3.70. The van der Waals surface area contributed by atoms with E-state index in [9.17, 15) is 22.8 Å². The van der Waals surface area contributed by atoms with E-state index >= 15 is 0 Å². The molecule has 1 aromatic carbocycles. The summed E-state index contributed by atoms with van der Waals surface area (Å²) in [5.74, 6) is -2.61. The Kier molecular flexibility index (Phi) is 4.90. The van der Waals surface area contributed by atoms with Gasteiger partial charge in [-0.05, 0) is 19.1 Å². The Morgan fingerprint density at radius 3 is 2.50 bits per heavy atom. The lowest BCUT2D eigenvalue weighted by Crippen LogP contribution is -2.14. The number of hydrogen-bond acceptors (Lipinski definition) is 3. The van der Waals surface area contributed by atoms with E-state index in [0.717, 1.165) is 24.5 Å². The molecule has 0 atom stereocenters. The van der Waals surface area contributed by atoms with Crippen LogP contribution < -0.4 is 0 Å². The molecule has 0 amide bonds. The first-order valence-electron chi connectivity index (χ1n) is 5.54. The SMILES string of the molecule is CCOC=C(C(=O)O)C(=O)c1cccc(C(F)(F)F)c1. The number of alkyl halides is 3. The molecule has 0 heterocycles. The highest BCUT2D eigenvalue weighted by molar-refractivity contribution is 6.23. The standard InChI is InChI=1S/C13H11F3O4/c1-2-20-7-10(12(18)19)11(17)8-4-3-5-9(6-8)13(14,15)16/h3-7H,2H2,1H3,(H,18,19). The Balaban J connectivity index is 3.16. The lowest BCUT2D eigenvalue weighted by atomic mass is 10.0. The fourth-order valence-electron chi connectivity index (χ4n) is 1.36.